The molecule has 0 amide bonds. The van der Waals surface area contributed by atoms with E-state index in [0.29, 0.717) is 16.3 Å². The van der Waals surface area contributed by atoms with Crippen molar-refractivity contribution >= 4 is 11.6 Å². The molecule has 0 radical (unpaired) electrons. The molecule has 3 aromatic rings. The Morgan fingerprint density at radius 1 is 0.810 bits per heavy atom. The summed E-state index contributed by atoms with van der Waals surface area (Å²) in [6.45, 7) is 0. The summed E-state index contributed by atoms with van der Waals surface area (Å²) in [7, 11) is 0. The quantitative estimate of drug-likeness (QED) is 0.581. The number of benzene rings is 3. The highest BCUT2D eigenvalue weighted by Crippen LogP contribution is 2.36. The average Bonchev–Trinajstić information content (AvgIpc) is 2.50. The molecule has 0 aliphatic carbocycles. The first-order valence-electron chi connectivity index (χ1n) is 6.51. The van der Waals surface area contributed by atoms with Crippen molar-refractivity contribution in [3.63, 3.8) is 0 Å². The summed E-state index contributed by atoms with van der Waals surface area (Å²) < 4.78 is 19.9. The molecule has 0 saturated carbocycles. The summed E-state index contributed by atoms with van der Waals surface area (Å²) in [4.78, 5) is 0. The fourth-order valence-electron chi connectivity index (χ4n) is 2.10. The second-order valence-corrected chi connectivity index (χ2v) is 4.98. The predicted molar refractivity (Wildman–Crippen MR) is 83.4 cm³/mol. The molecule has 0 N–H and O–H groups in total. The van der Waals surface area contributed by atoms with E-state index in [-0.39, 0.29) is 5.75 Å². The van der Waals surface area contributed by atoms with E-state index in [1.54, 1.807) is 30.3 Å². The number of rotatable bonds is 3. The van der Waals surface area contributed by atoms with Crippen LogP contribution in [0.5, 0.6) is 11.5 Å². The highest BCUT2D eigenvalue weighted by Gasteiger charge is 2.13. The van der Waals surface area contributed by atoms with Crippen LogP contribution in [-0.4, -0.2) is 0 Å². The zero-order valence-corrected chi connectivity index (χ0v) is 11.8. The normalized spacial score (nSPS) is 10.4. The van der Waals surface area contributed by atoms with Gasteiger partial charge in [-0.1, -0.05) is 54.1 Å². The van der Waals surface area contributed by atoms with Gasteiger partial charge in [-0.25, -0.2) is 4.39 Å². The van der Waals surface area contributed by atoms with Gasteiger partial charge in [0.25, 0.3) is 0 Å². The van der Waals surface area contributed by atoms with Crippen LogP contribution in [0.25, 0.3) is 11.1 Å². The Morgan fingerprint density at radius 3 is 2.33 bits per heavy atom. The van der Waals surface area contributed by atoms with Gasteiger partial charge in [-0.15, -0.1) is 0 Å². The van der Waals surface area contributed by atoms with Crippen LogP contribution in [0.4, 0.5) is 4.39 Å². The molecule has 0 atom stereocenters. The van der Waals surface area contributed by atoms with E-state index in [1.165, 1.54) is 6.07 Å². The molecule has 0 saturated heterocycles. The maximum Gasteiger partial charge on any atom is 0.170 e. The van der Waals surface area contributed by atoms with E-state index in [4.69, 9.17) is 16.3 Å². The van der Waals surface area contributed by atoms with Crippen molar-refractivity contribution in [3.8, 4) is 22.6 Å². The second-order valence-electron chi connectivity index (χ2n) is 4.54. The zero-order chi connectivity index (χ0) is 14.7. The topological polar surface area (TPSA) is 9.23 Å². The van der Waals surface area contributed by atoms with Gasteiger partial charge in [0.15, 0.2) is 11.6 Å². The van der Waals surface area contributed by atoms with Gasteiger partial charge in [0.1, 0.15) is 5.75 Å². The molecule has 0 spiro atoms. The molecule has 1 nitrogen and oxygen atoms in total. The number of hydrogen-bond acceptors (Lipinski definition) is 1. The lowest BCUT2D eigenvalue weighted by Crippen LogP contribution is -1.92. The van der Waals surface area contributed by atoms with Gasteiger partial charge in [-0.3, -0.25) is 0 Å². The largest absolute Gasteiger partial charge is 0.454 e. The summed E-state index contributed by atoms with van der Waals surface area (Å²) in [6.07, 6.45) is 0. The van der Waals surface area contributed by atoms with Gasteiger partial charge in [0, 0.05) is 10.6 Å². The Morgan fingerprint density at radius 2 is 1.57 bits per heavy atom. The number of ether oxygens (including phenoxy) is 1. The first-order valence-corrected chi connectivity index (χ1v) is 6.89. The van der Waals surface area contributed by atoms with Gasteiger partial charge >= 0.3 is 0 Å². The van der Waals surface area contributed by atoms with E-state index < -0.39 is 5.82 Å². The number of para-hydroxylation sites is 2. The summed E-state index contributed by atoms with van der Waals surface area (Å²) in [5, 5.41) is 0.599. The van der Waals surface area contributed by atoms with E-state index in [2.05, 4.69) is 0 Å². The van der Waals surface area contributed by atoms with E-state index >= 15 is 0 Å². The third-order valence-corrected chi connectivity index (χ3v) is 3.30. The van der Waals surface area contributed by atoms with E-state index in [1.807, 2.05) is 36.4 Å². The lowest BCUT2D eigenvalue weighted by molar-refractivity contribution is 0.444. The molecule has 3 rings (SSSR count). The van der Waals surface area contributed by atoms with Gasteiger partial charge in [-0.2, -0.15) is 0 Å². The molecule has 0 bridgehead atoms. The zero-order valence-electron chi connectivity index (χ0n) is 11.1. The van der Waals surface area contributed by atoms with E-state index in [9.17, 15) is 4.39 Å². The van der Waals surface area contributed by atoms with Crippen molar-refractivity contribution in [2.75, 3.05) is 0 Å². The van der Waals surface area contributed by atoms with Crippen LogP contribution in [0.3, 0.4) is 0 Å². The molecule has 0 aliphatic heterocycles. The van der Waals surface area contributed by atoms with Crippen molar-refractivity contribution in [2.45, 2.75) is 0 Å². The molecular weight excluding hydrogens is 287 g/mol. The Balaban J connectivity index is 2.08. The molecule has 3 heteroatoms. The molecule has 0 heterocycles. The molecule has 0 aromatic heterocycles. The summed E-state index contributed by atoms with van der Waals surface area (Å²) >= 11 is 6.01. The monoisotopic (exact) mass is 298 g/mol. The summed E-state index contributed by atoms with van der Waals surface area (Å²) in [6, 6.07) is 21.3. The van der Waals surface area contributed by atoms with Crippen LogP contribution in [0.2, 0.25) is 5.02 Å². The maximum absolute atomic E-state index is 14.2. The fraction of sp³-hybridized carbons (Fsp3) is 0. The van der Waals surface area contributed by atoms with Crippen molar-refractivity contribution in [1.82, 2.24) is 0 Å². The minimum atomic E-state index is -0.406. The van der Waals surface area contributed by atoms with Gasteiger partial charge in [-0.05, 0) is 35.9 Å². The van der Waals surface area contributed by atoms with Crippen LogP contribution >= 0.6 is 11.6 Å². The molecule has 0 aliphatic rings. The fourth-order valence-corrected chi connectivity index (χ4v) is 2.29. The van der Waals surface area contributed by atoms with Crippen LogP contribution in [0, 0.1) is 5.82 Å². The lowest BCUT2D eigenvalue weighted by atomic mass is 10.0. The SMILES string of the molecule is Fc1cccc(-c2cccc(Cl)c2)c1Oc1ccccc1. The predicted octanol–water partition coefficient (Wildman–Crippen LogP) is 5.94. The Kier molecular flexibility index (Phi) is 3.89. The van der Waals surface area contributed by atoms with Crippen molar-refractivity contribution in [3.05, 3.63) is 83.6 Å². The minimum absolute atomic E-state index is 0.200. The average molecular weight is 299 g/mol. The Hall–Kier alpha value is -2.32. The third-order valence-electron chi connectivity index (χ3n) is 3.07. The maximum atomic E-state index is 14.2. The summed E-state index contributed by atoms with van der Waals surface area (Å²) in [5.41, 5.74) is 1.48. The molecule has 104 valence electrons. The van der Waals surface area contributed by atoms with Gasteiger partial charge in [0.05, 0.1) is 0 Å². The Labute approximate surface area is 127 Å². The van der Waals surface area contributed by atoms with Crippen LogP contribution in [0.1, 0.15) is 0 Å². The van der Waals surface area contributed by atoms with Gasteiger partial charge < -0.3 is 4.74 Å². The third kappa shape index (κ3) is 3.06. The smallest absolute Gasteiger partial charge is 0.170 e. The number of halogens is 2. The molecule has 21 heavy (non-hydrogen) atoms. The minimum Gasteiger partial charge on any atom is -0.454 e. The van der Waals surface area contributed by atoms with Crippen LogP contribution < -0.4 is 4.74 Å². The van der Waals surface area contributed by atoms with Crippen molar-refractivity contribution < 1.29 is 9.13 Å². The Bertz CT molecular complexity index is 756. The van der Waals surface area contributed by atoms with E-state index in [0.717, 1.165) is 5.56 Å². The van der Waals surface area contributed by atoms with Crippen molar-refractivity contribution in [2.24, 2.45) is 0 Å². The molecular formula is C18H12ClFO. The highest BCUT2D eigenvalue weighted by atomic mass is 35.5. The standard InChI is InChI=1S/C18H12ClFO/c19-14-7-4-6-13(12-14)16-10-5-11-17(20)18(16)21-15-8-2-1-3-9-15/h1-12H. The molecule has 0 fully saturated rings. The number of hydrogen-bond donors (Lipinski definition) is 0. The molecule has 3 aromatic carbocycles. The van der Waals surface area contributed by atoms with Crippen LogP contribution in [0.15, 0.2) is 72.8 Å². The highest BCUT2D eigenvalue weighted by molar-refractivity contribution is 6.30. The summed E-state index contributed by atoms with van der Waals surface area (Å²) in [5.74, 6) is 0.383. The molecule has 0 unspecified atom stereocenters. The lowest BCUT2D eigenvalue weighted by Gasteiger charge is -2.12. The van der Waals surface area contributed by atoms with Crippen molar-refractivity contribution in [1.29, 1.82) is 0 Å². The van der Waals surface area contributed by atoms with Gasteiger partial charge in [0.2, 0.25) is 0 Å². The first-order chi connectivity index (χ1) is 10.2. The first kappa shape index (κ1) is 13.7. The second kappa shape index (κ2) is 5.98. The van der Waals surface area contributed by atoms with Crippen LogP contribution in [-0.2, 0) is 0 Å².